The van der Waals surface area contributed by atoms with Crippen molar-refractivity contribution in [2.24, 2.45) is 5.41 Å². The van der Waals surface area contributed by atoms with Gasteiger partial charge in [-0.05, 0) is 42.0 Å². The number of imidazole rings is 1. The van der Waals surface area contributed by atoms with Gasteiger partial charge < -0.3 is 19.1 Å². The summed E-state index contributed by atoms with van der Waals surface area (Å²) in [6.45, 7) is 4.64. The molecule has 6 rings (SSSR count). The summed E-state index contributed by atoms with van der Waals surface area (Å²) in [4.78, 5) is 24.9. The maximum Gasteiger partial charge on any atom is 0.335 e. The number of benzene rings is 2. The number of halogens is 3. The number of rotatable bonds is 8. The number of nitriles is 1. The second kappa shape index (κ2) is 11.4. The van der Waals surface area contributed by atoms with Gasteiger partial charge in [-0.25, -0.2) is 27.9 Å². The molecular formula is C31H24F3N5O4S. The lowest BCUT2D eigenvalue weighted by atomic mass is 9.87. The average Bonchev–Trinajstić information content (AvgIpc) is 3.65. The second-order valence-electron chi connectivity index (χ2n) is 11.0. The van der Waals surface area contributed by atoms with E-state index in [0.717, 1.165) is 29.5 Å². The van der Waals surface area contributed by atoms with Crippen molar-refractivity contribution >= 4 is 28.3 Å². The Morgan fingerprint density at radius 3 is 2.68 bits per heavy atom. The summed E-state index contributed by atoms with van der Waals surface area (Å²) in [5, 5.41) is 18.5. The molecule has 0 bridgehead atoms. The highest BCUT2D eigenvalue weighted by molar-refractivity contribution is 7.12. The maximum atomic E-state index is 15.6. The molecule has 5 aromatic rings. The van der Waals surface area contributed by atoms with Crippen LogP contribution in [0.5, 0.6) is 6.01 Å². The summed E-state index contributed by atoms with van der Waals surface area (Å²) in [6, 6.07) is 10.7. The van der Waals surface area contributed by atoms with Crippen LogP contribution in [-0.4, -0.2) is 43.8 Å². The smallest absolute Gasteiger partial charge is 0.335 e. The molecular weight excluding hydrogens is 595 g/mol. The molecule has 2 aromatic carbocycles. The van der Waals surface area contributed by atoms with Crippen molar-refractivity contribution in [2.75, 3.05) is 13.2 Å². The van der Waals surface area contributed by atoms with Crippen molar-refractivity contribution in [2.45, 2.75) is 32.9 Å². The fraction of sp³-hybridized carbons (Fsp3) is 0.258. The quantitative estimate of drug-likeness (QED) is 0.214. The lowest BCUT2D eigenvalue weighted by Crippen LogP contribution is -2.27. The number of thiophene rings is 1. The fourth-order valence-electron chi connectivity index (χ4n) is 5.27. The third kappa shape index (κ3) is 5.49. The lowest BCUT2D eigenvalue weighted by Gasteiger charge is -2.28. The number of aromatic nitrogens is 4. The zero-order valence-corrected chi connectivity index (χ0v) is 24.3. The molecule has 0 aliphatic carbocycles. The van der Waals surface area contributed by atoms with Crippen LogP contribution >= 0.6 is 11.3 Å². The first-order valence-corrected chi connectivity index (χ1v) is 14.3. The topological polar surface area (TPSA) is 123 Å². The predicted molar refractivity (Wildman–Crippen MR) is 154 cm³/mol. The lowest BCUT2D eigenvalue weighted by molar-refractivity contribution is 0.0697. The Morgan fingerprint density at radius 1 is 1.16 bits per heavy atom. The molecule has 224 valence electrons. The predicted octanol–water partition coefficient (Wildman–Crippen LogP) is 6.31. The summed E-state index contributed by atoms with van der Waals surface area (Å²) < 4.78 is 58.2. The summed E-state index contributed by atoms with van der Waals surface area (Å²) in [6.07, 6.45) is 1.25. The van der Waals surface area contributed by atoms with Gasteiger partial charge in [-0.15, -0.1) is 11.3 Å². The Balaban J connectivity index is 1.31. The standard InChI is InChI=1S/C31H24F3N5O4S/c1-31(2)15-42-14-27(31)39-25-8-16(29(40)41)3-4-24(25)37-28(39)9-17-7-21(33)19(11-20(17)32)23-5-6-36-30(38-23)43-13-26-22(34)10-18(12-35)44-26/h3-8,10-11,27H,9,13-15H2,1-2H3,(H,40,41)/t27-/m1/s1. The number of aromatic carboxylic acids is 1. The average molecular weight is 620 g/mol. The van der Waals surface area contributed by atoms with E-state index in [9.17, 15) is 14.3 Å². The molecule has 0 unspecified atom stereocenters. The van der Waals surface area contributed by atoms with Gasteiger partial charge in [0.2, 0.25) is 0 Å². The van der Waals surface area contributed by atoms with Gasteiger partial charge >= 0.3 is 12.0 Å². The van der Waals surface area contributed by atoms with E-state index in [-0.39, 0.29) is 62.6 Å². The fourth-order valence-corrected chi connectivity index (χ4v) is 6.02. The molecule has 3 aromatic heterocycles. The molecule has 0 radical (unpaired) electrons. The highest BCUT2D eigenvalue weighted by Gasteiger charge is 2.39. The van der Waals surface area contributed by atoms with Crippen LogP contribution in [0.2, 0.25) is 0 Å². The SMILES string of the molecule is CC1(C)COC[C@H]1n1c(Cc2cc(F)c(-c3ccnc(OCc4sc(C#N)cc4F)n3)cc2F)nc2ccc(C(=O)O)cc21. The van der Waals surface area contributed by atoms with Crippen molar-refractivity contribution in [3.8, 4) is 23.3 Å². The monoisotopic (exact) mass is 619 g/mol. The third-order valence-electron chi connectivity index (χ3n) is 7.57. The number of ether oxygens (including phenoxy) is 2. The number of hydrogen-bond acceptors (Lipinski definition) is 8. The van der Waals surface area contributed by atoms with E-state index in [4.69, 9.17) is 14.7 Å². The number of hydrogen-bond donors (Lipinski definition) is 1. The maximum absolute atomic E-state index is 15.6. The Hall–Kier alpha value is -4.80. The molecule has 1 saturated heterocycles. The highest BCUT2D eigenvalue weighted by atomic mass is 32.1. The number of nitrogens with zero attached hydrogens (tertiary/aromatic N) is 5. The normalized spacial score (nSPS) is 15.9. The molecule has 0 spiro atoms. The van der Waals surface area contributed by atoms with Gasteiger partial charge in [-0.1, -0.05) is 13.8 Å². The van der Waals surface area contributed by atoms with Gasteiger partial charge in [0.05, 0.1) is 46.4 Å². The van der Waals surface area contributed by atoms with E-state index in [0.29, 0.717) is 30.1 Å². The zero-order chi connectivity index (χ0) is 31.2. The molecule has 9 nitrogen and oxygen atoms in total. The van der Waals surface area contributed by atoms with E-state index in [1.54, 1.807) is 6.07 Å². The Kier molecular flexibility index (Phi) is 7.56. The van der Waals surface area contributed by atoms with Gasteiger partial charge in [0, 0.05) is 29.7 Å². The number of fused-ring (bicyclic) bond motifs is 1. The molecule has 1 atom stereocenters. The van der Waals surface area contributed by atoms with Crippen molar-refractivity contribution < 1.29 is 32.5 Å². The van der Waals surface area contributed by atoms with Crippen molar-refractivity contribution in [1.29, 1.82) is 5.26 Å². The van der Waals surface area contributed by atoms with E-state index in [1.807, 2.05) is 24.5 Å². The van der Waals surface area contributed by atoms with Gasteiger partial charge in [-0.2, -0.15) is 10.2 Å². The summed E-state index contributed by atoms with van der Waals surface area (Å²) in [5.74, 6) is -2.67. The molecule has 0 saturated carbocycles. The van der Waals surface area contributed by atoms with Crippen LogP contribution in [0.15, 0.2) is 48.7 Å². The zero-order valence-electron chi connectivity index (χ0n) is 23.5. The van der Waals surface area contributed by atoms with Gasteiger partial charge in [0.1, 0.15) is 40.8 Å². The van der Waals surface area contributed by atoms with Crippen LogP contribution in [0.25, 0.3) is 22.3 Å². The van der Waals surface area contributed by atoms with Gasteiger partial charge in [0.25, 0.3) is 0 Å². The van der Waals surface area contributed by atoms with Crippen LogP contribution in [0.4, 0.5) is 13.2 Å². The van der Waals surface area contributed by atoms with Crippen molar-refractivity contribution in [3.63, 3.8) is 0 Å². The summed E-state index contributed by atoms with van der Waals surface area (Å²) >= 11 is 0.932. The van der Waals surface area contributed by atoms with E-state index in [2.05, 4.69) is 15.0 Å². The van der Waals surface area contributed by atoms with Crippen LogP contribution in [0, 0.1) is 34.2 Å². The molecule has 1 fully saturated rings. The molecule has 1 aliphatic heterocycles. The summed E-state index contributed by atoms with van der Waals surface area (Å²) in [7, 11) is 0. The summed E-state index contributed by atoms with van der Waals surface area (Å²) in [5.41, 5.74) is 0.841. The first-order chi connectivity index (χ1) is 21.0. The Labute approximate surface area is 253 Å². The molecule has 4 heterocycles. The molecule has 1 aliphatic rings. The second-order valence-corrected chi connectivity index (χ2v) is 12.2. The molecule has 0 amide bonds. The minimum atomic E-state index is -1.09. The Bertz CT molecular complexity index is 1970. The minimum absolute atomic E-state index is 0.0463. The molecule has 1 N–H and O–H groups in total. The van der Waals surface area contributed by atoms with E-state index < -0.39 is 23.4 Å². The molecule has 44 heavy (non-hydrogen) atoms. The van der Waals surface area contributed by atoms with Gasteiger partial charge in [0.15, 0.2) is 0 Å². The van der Waals surface area contributed by atoms with Crippen LogP contribution in [0.3, 0.4) is 0 Å². The number of carbonyl (C=O) groups is 1. The van der Waals surface area contributed by atoms with Crippen LogP contribution in [-0.2, 0) is 17.8 Å². The van der Waals surface area contributed by atoms with Gasteiger partial charge in [-0.3, -0.25) is 0 Å². The number of carboxylic acids is 1. The molecule has 13 heteroatoms. The van der Waals surface area contributed by atoms with E-state index >= 15 is 8.78 Å². The highest BCUT2D eigenvalue weighted by Crippen LogP contribution is 2.40. The Morgan fingerprint density at radius 2 is 1.98 bits per heavy atom. The largest absolute Gasteiger partial charge is 0.478 e. The van der Waals surface area contributed by atoms with E-state index in [1.165, 1.54) is 24.4 Å². The van der Waals surface area contributed by atoms with Crippen LogP contribution < -0.4 is 4.74 Å². The number of carboxylic acid groups (broad SMARTS) is 1. The van der Waals surface area contributed by atoms with Crippen molar-refractivity contribution in [1.82, 2.24) is 19.5 Å². The third-order valence-corrected chi connectivity index (χ3v) is 8.56. The van der Waals surface area contributed by atoms with Crippen LogP contribution in [0.1, 0.15) is 51.4 Å². The first-order valence-electron chi connectivity index (χ1n) is 13.5. The van der Waals surface area contributed by atoms with Crippen molar-refractivity contribution in [3.05, 3.63) is 92.8 Å². The minimum Gasteiger partial charge on any atom is -0.478 e. The first kappa shape index (κ1) is 29.3.